The first-order chi connectivity index (χ1) is 11.2. The Labute approximate surface area is 134 Å². The first-order valence-electron chi connectivity index (χ1n) is 7.59. The van der Waals surface area contributed by atoms with Crippen molar-refractivity contribution < 1.29 is 9.53 Å². The number of esters is 1. The fourth-order valence-electron chi connectivity index (χ4n) is 2.53. The standard InChI is InChI=1S/C17H18N4O2/c1-3-8-21-12(2)19-20-16(21)11-23-17(22)15-10-18-9-13-6-4-5-7-14(13)15/h4-7,9-10H,3,8,11H2,1-2H3. The van der Waals surface area contributed by atoms with Crippen molar-refractivity contribution in [1.29, 1.82) is 0 Å². The van der Waals surface area contributed by atoms with Crippen LogP contribution in [0.1, 0.15) is 35.4 Å². The van der Waals surface area contributed by atoms with Crippen molar-refractivity contribution in [2.75, 3.05) is 0 Å². The third-order valence-corrected chi connectivity index (χ3v) is 3.68. The zero-order chi connectivity index (χ0) is 16.2. The summed E-state index contributed by atoms with van der Waals surface area (Å²) in [5.74, 6) is 1.08. The topological polar surface area (TPSA) is 69.9 Å². The smallest absolute Gasteiger partial charge is 0.340 e. The molecule has 0 saturated carbocycles. The number of carbonyl (C=O) groups is 1. The van der Waals surface area contributed by atoms with Gasteiger partial charge >= 0.3 is 5.97 Å². The van der Waals surface area contributed by atoms with Crippen molar-refractivity contribution in [2.24, 2.45) is 0 Å². The molecule has 0 aliphatic carbocycles. The Morgan fingerprint density at radius 1 is 1.22 bits per heavy atom. The van der Waals surface area contributed by atoms with E-state index >= 15 is 0 Å². The Hall–Kier alpha value is -2.76. The molecule has 2 heterocycles. The minimum absolute atomic E-state index is 0.100. The van der Waals surface area contributed by atoms with Crippen LogP contribution in [0.4, 0.5) is 0 Å². The summed E-state index contributed by atoms with van der Waals surface area (Å²) in [6.07, 6.45) is 4.23. The van der Waals surface area contributed by atoms with Gasteiger partial charge in [-0.05, 0) is 18.7 Å². The lowest BCUT2D eigenvalue weighted by Crippen LogP contribution is -2.11. The van der Waals surface area contributed by atoms with Gasteiger partial charge in [-0.1, -0.05) is 31.2 Å². The molecule has 0 bridgehead atoms. The molecule has 0 aliphatic heterocycles. The molecule has 1 aromatic carbocycles. The number of nitrogens with zero attached hydrogens (tertiary/aromatic N) is 4. The van der Waals surface area contributed by atoms with Crippen molar-refractivity contribution in [3.05, 3.63) is 53.9 Å². The molecule has 6 heteroatoms. The van der Waals surface area contributed by atoms with E-state index in [0.717, 1.165) is 29.6 Å². The van der Waals surface area contributed by atoms with Gasteiger partial charge in [-0.2, -0.15) is 0 Å². The highest BCUT2D eigenvalue weighted by Crippen LogP contribution is 2.18. The Morgan fingerprint density at radius 2 is 2.04 bits per heavy atom. The highest BCUT2D eigenvalue weighted by atomic mass is 16.5. The van der Waals surface area contributed by atoms with Crippen LogP contribution in [0.25, 0.3) is 10.8 Å². The molecule has 0 radical (unpaired) electrons. The van der Waals surface area contributed by atoms with E-state index in [1.165, 1.54) is 6.20 Å². The Balaban J connectivity index is 1.79. The third kappa shape index (κ3) is 3.06. The van der Waals surface area contributed by atoms with Gasteiger partial charge in [0.15, 0.2) is 12.4 Å². The van der Waals surface area contributed by atoms with Crippen molar-refractivity contribution in [1.82, 2.24) is 19.7 Å². The van der Waals surface area contributed by atoms with Crippen LogP contribution in [0.2, 0.25) is 0 Å². The quantitative estimate of drug-likeness (QED) is 0.678. The first kappa shape index (κ1) is 15.1. The number of aromatic nitrogens is 4. The molecule has 0 spiro atoms. The number of hydrogen-bond acceptors (Lipinski definition) is 5. The summed E-state index contributed by atoms with van der Waals surface area (Å²) < 4.78 is 7.39. The van der Waals surface area contributed by atoms with Gasteiger partial charge < -0.3 is 9.30 Å². The number of rotatable bonds is 5. The summed E-state index contributed by atoms with van der Waals surface area (Å²) in [4.78, 5) is 16.5. The minimum Gasteiger partial charge on any atom is -0.454 e. The molecule has 6 nitrogen and oxygen atoms in total. The predicted octanol–water partition coefficient (Wildman–Crippen LogP) is 2.90. The monoisotopic (exact) mass is 310 g/mol. The second-order valence-electron chi connectivity index (χ2n) is 5.30. The molecule has 0 unspecified atom stereocenters. The van der Waals surface area contributed by atoms with Gasteiger partial charge in [0.25, 0.3) is 0 Å². The molecular formula is C17H18N4O2. The Bertz CT molecular complexity index is 836. The van der Waals surface area contributed by atoms with Gasteiger partial charge in [-0.15, -0.1) is 10.2 Å². The molecule has 0 amide bonds. The average molecular weight is 310 g/mol. The van der Waals surface area contributed by atoms with Crippen LogP contribution in [-0.2, 0) is 17.9 Å². The van der Waals surface area contributed by atoms with E-state index in [4.69, 9.17) is 4.74 Å². The summed E-state index contributed by atoms with van der Waals surface area (Å²) in [6, 6.07) is 7.60. The number of hydrogen-bond donors (Lipinski definition) is 0. The lowest BCUT2D eigenvalue weighted by molar-refractivity contribution is 0.0459. The van der Waals surface area contributed by atoms with Crippen LogP contribution in [0, 0.1) is 6.92 Å². The number of benzene rings is 1. The fraction of sp³-hybridized carbons (Fsp3) is 0.294. The van der Waals surface area contributed by atoms with Crippen molar-refractivity contribution in [3.8, 4) is 0 Å². The minimum atomic E-state index is -0.405. The van der Waals surface area contributed by atoms with Gasteiger partial charge in [-0.3, -0.25) is 4.98 Å². The van der Waals surface area contributed by atoms with Crippen LogP contribution in [0.15, 0.2) is 36.7 Å². The molecule has 0 atom stereocenters. The molecule has 2 aromatic heterocycles. The summed E-state index contributed by atoms with van der Waals surface area (Å²) in [6.45, 7) is 4.88. The molecule has 23 heavy (non-hydrogen) atoms. The number of fused-ring (bicyclic) bond motifs is 1. The number of pyridine rings is 1. The maximum atomic E-state index is 12.4. The van der Waals surface area contributed by atoms with E-state index in [0.29, 0.717) is 11.4 Å². The van der Waals surface area contributed by atoms with Crippen molar-refractivity contribution in [3.63, 3.8) is 0 Å². The summed E-state index contributed by atoms with van der Waals surface area (Å²) in [7, 11) is 0. The maximum Gasteiger partial charge on any atom is 0.340 e. The first-order valence-corrected chi connectivity index (χ1v) is 7.59. The van der Waals surface area contributed by atoms with E-state index < -0.39 is 5.97 Å². The molecule has 3 rings (SSSR count). The lowest BCUT2D eigenvalue weighted by Gasteiger charge is -2.09. The molecule has 0 saturated heterocycles. The number of aryl methyl sites for hydroxylation is 1. The van der Waals surface area contributed by atoms with Gasteiger partial charge in [0.2, 0.25) is 0 Å². The van der Waals surface area contributed by atoms with Gasteiger partial charge in [0.1, 0.15) is 5.82 Å². The van der Waals surface area contributed by atoms with Crippen molar-refractivity contribution >= 4 is 16.7 Å². The Kier molecular flexibility index (Phi) is 4.32. The molecule has 118 valence electrons. The van der Waals surface area contributed by atoms with E-state index in [-0.39, 0.29) is 6.61 Å². The van der Waals surface area contributed by atoms with Crippen LogP contribution in [0.3, 0.4) is 0 Å². The Morgan fingerprint density at radius 3 is 2.87 bits per heavy atom. The molecular weight excluding hydrogens is 292 g/mol. The van der Waals surface area contributed by atoms with E-state index in [9.17, 15) is 4.79 Å². The van der Waals surface area contributed by atoms with Crippen LogP contribution < -0.4 is 0 Å². The van der Waals surface area contributed by atoms with E-state index in [2.05, 4.69) is 22.1 Å². The van der Waals surface area contributed by atoms with Gasteiger partial charge in [0, 0.05) is 24.3 Å². The maximum absolute atomic E-state index is 12.4. The fourth-order valence-corrected chi connectivity index (χ4v) is 2.53. The molecule has 0 N–H and O–H groups in total. The third-order valence-electron chi connectivity index (χ3n) is 3.68. The van der Waals surface area contributed by atoms with Gasteiger partial charge in [-0.25, -0.2) is 4.79 Å². The highest BCUT2D eigenvalue weighted by Gasteiger charge is 2.15. The van der Waals surface area contributed by atoms with E-state index in [1.54, 1.807) is 6.20 Å². The highest BCUT2D eigenvalue weighted by molar-refractivity contribution is 6.03. The van der Waals surface area contributed by atoms with Crippen LogP contribution in [-0.4, -0.2) is 25.7 Å². The van der Waals surface area contributed by atoms with Crippen LogP contribution >= 0.6 is 0 Å². The summed E-state index contributed by atoms with van der Waals surface area (Å²) in [5, 5.41) is 9.87. The number of carbonyl (C=O) groups excluding carboxylic acids is 1. The summed E-state index contributed by atoms with van der Waals surface area (Å²) in [5.41, 5.74) is 0.460. The number of ether oxygens (including phenoxy) is 1. The van der Waals surface area contributed by atoms with Crippen LogP contribution in [0.5, 0.6) is 0 Å². The lowest BCUT2D eigenvalue weighted by atomic mass is 10.1. The second kappa shape index (κ2) is 6.56. The SMILES string of the molecule is CCCn1c(C)nnc1COC(=O)c1cncc2ccccc12. The molecule has 0 aliphatic rings. The van der Waals surface area contributed by atoms with Crippen molar-refractivity contribution in [2.45, 2.75) is 33.4 Å². The van der Waals surface area contributed by atoms with Gasteiger partial charge in [0.05, 0.1) is 5.56 Å². The zero-order valence-electron chi connectivity index (χ0n) is 13.2. The summed E-state index contributed by atoms with van der Waals surface area (Å²) >= 11 is 0. The second-order valence-corrected chi connectivity index (χ2v) is 5.30. The largest absolute Gasteiger partial charge is 0.454 e. The average Bonchev–Trinajstić information content (AvgIpc) is 2.93. The zero-order valence-corrected chi connectivity index (χ0v) is 13.2. The predicted molar refractivity (Wildman–Crippen MR) is 85.9 cm³/mol. The molecule has 3 aromatic rings. The normalized spacial score (nSPS) is 10.9. The van der Waals surface area contributed by atoms with E-state index in [1.807, 2.05) is 35.8 Å². The molecule has 0 fully saturated rings.